The van der Waals surface area contributed by atoms with Gasteiger partial charge in [-0.1, -0.05) is 0 Å². The molecule has 0 radical (unpaired) electrons. The van der Waals surface area contributed by atoms with E-state index in [2.05, 4.69) is 4.74 Å². The van der Waals surface area contributed by atoms with Crippen LogP contribution in [0.15, 0.2) is 22.8 Å². The van der Waals surface area contributed by atoms with E-state index in [1.807, 2.05) is 0 Å². The summed E-state index contributed by atoms with van der Waals surface area (Å²) in [5.74, 6) is -0.999. The third-order valence-corrected chi connectivity index (χ3v) is 1.20. The zero-order chi connectivity index (χ0) is 9.68. The molecule has 13 heavy (non-hydrogen) atoms. The van der Waals surface area contributed by atoms with E-state index < -0.39 is 5.97 Å². The first-order valence-electron chi connectivity index (χ1n) is 3.33. The van der Waals surface area contributed by atoms with Crippen LogP contribution in [0.2, 0.25) is 0 Å². The van der Waals surface area contributed by atoms with Gasteiger partial charge in [-0.05, 0) is 12.1 Å². The van der Waals surface area contributed by atoms with Crippen LogP contribution in [-0.4, -0.2) is 17.5 Å². The van der Waals surface area contributed by atoms with E-state index >= 15 is 0 Å². The number of rotatable bonds is 4. The van der Waals surface area contributed by atoms with E-state index in [0.717, 1.165) is 6.26 Å². The number of carboxylic acids is 1. The number of carbonyl (C=O) groups is 2. The van der Waals surface area contributed by atoms with Crippen LogP contribution < -0.4 is 0 Å². The summed E-state index contributed by atoms with van der Waals surface area (Å²) in [7, 11) is 0. The first kappa shape index (κ1) is 9.05. The lowest BCUT2D eigenvalue weighted by Gasteiger charge is -1.85. The molecule has 1 aromatic rings. The first-order valence-corrected chi connectivity index (χ1v) is 3.33. The molecule has 0 saturated heterocycles. The summed E-state index contributed by atoms with van der Waals surface area (Å²) in [6.07, 6.45) is 2.43. The maximum absolute atomic E-state index is 10.3. The Balaban J connectivity index is 2.69. The minimum absolute atomic E-state index is 0.161. The first-order chi connectivity index (χ1) is 6.24. The highest BCUT2D eigenvalue weighted by Gasteiger charge is 2.06. The van der Waals surface area contributed by atoms with Crippen LogP contribution in [0.3, 0.4) is 0 Å². The Labute approximate surface area is 73.2 Å². The van der Waals surface area contributed by atoms with Crippen molar-refractivity contribution in [2.75, 3.05) is 0 Å². The van der Waals surface area contributed by atoms with Gasteiger partial charge < -0.3 is 14.3 Å². The fourth-order valence-electron chi connectivity index (χ4n) is 0.696. The molecule has 1 N–H and O–H groups in total. The topological polar surface area (TPSA) is 76.7 Å². The van der Waals surface area contributed by atoms with E-state index in [4.69, 9.17) is 9.52 Å². The second kappa shape index (κ2) is 4.10. The van der Waals surface area contributed by atoms with Gasteiger partial charge in [0.25, 0.3) is 6.47 Å². The number of aromatic carboxylic acids is 1. The summed E-state index contributed by atoms with van der Waals surface area (Å²) >= 11 is 0. The Bertz CT molecular complexity index is 336. The van der Waals surface area contributed by atoms with Gasteiger partial charge in [-0.2, -0.15) is 0 Å². The lowest BCUT2D eigenvalue weighted by molar-refractivity contribution is -0.123. The van der Waals surface area contributed by atoms with Crippen LogP contribution in [-0.2, 0) is 9.53 Å². The maximum Gasteiger partial charge on any atom is 0.371 e. The molecule has 0 aliphatic rings. The Morgan fingerprint density at radius 2 is 2.31 bits per heavy atom. The molecule has 0 aliphatic carbocycles. The van der Waals surface area contributed by atoms with Gasteiger partial charge in [-0.3, -0.25) is 4.79 Å². The second-order valence-corrected chi connectivity index (χ2v) is 2.04. The Morgan fingerprint density at radius 1 is 1.54 bits per heavy atom. The molecule has 0 unspecified atom stereocenters. The highest BCUT2D eigenvalue weighted by molar-refractivity contribution is 5.84. The number of furan rings is 1. The Hall–Kier alpha value is -2.04. The van der Waals surface area contributed by atoms with Gasteiger partial charge in [0.2, 0.25) is 5.76 Å². The third-order valence-electron chi connectivity index (χ3n) is 1.20. The lowest BCUT2D eigenvalue weighted by Crippen LogP contribution is -1.91. The molecule has 5 nitrogen and oxygen atoms in total. The van der Waals surface area contributed by atoms with Crippen molar-refractivity contribution < 1.29 is 23.8 Å². The van der Waals surface area contributed by atoms with Crippen LogP contribution in [0.1, 0.15) is 16.3 Å². The smallest absolute Gasteiger partial charge is 0.371 e. The van der Waals surface area contributed by atoms with Crippen molar-refractivity contribution in [3.05, 3.63) is 29.9 Å². The van der Waals surface area contributed by atoms with Crippen molar-refractivity contribution in [3.8, 4) is 0 Å². The monoisotopic (exact) mass is 182 g/mol. The van der Waals surface area contributed by atoms with Gasteiger partial charge in [0.05, 0.1) is 6.26 Å². The number of hydrogen-bond acceptors (Lipinski definition) is 4. The number of ether oxygens (including phenoxy) is 1. The van der Waals surface area contributed by atoms with Crippen molar-refractivity contribution in [2.24, 2.45) is 0 Å². The minimum Gasteiger partial charge on any atom is -0.475 e. The molecule has 0 aromatic carbocycles. The molecule has 0 bridgehead atoms. The number of carbonyl (C=O) groups excluding carboxylic acids is 1. The highest BCUT2D eigenvalue weighted by atomic mass is 16.5. The average Bonchev–Trinajstić information content (AvgIpc) is 2.53. The normalized spacial score (nSPS) is 10.2. The Kier molecular flexibility index (Phi) is 2.86. The summed E-state index contributed by atoms with van der Waals surface area (Å²) < 4.78 is 9.05. The number of hydrogen-bond donors (Lipinski definition) is 1. The highest BCUT2D eigenvalue weighted by Crippen LogP contribution is 2.09. The third kappa shape index (κ3) is 2.48. The summed E-state index contributed by atoms with van der Waals surface area (Å²) in [5, 5.41) is 8.46. The number of carboxylic acid groups (broad SMARTS) is 1. The Morgan fingerprint density at radius 3 is 2.85 bits per heavy atom. The average molecular weight is 182 g/mol. The van der Waals surface area contributed by atoms with Crippen LogP contribution in [0, 0.1) is 0 Å². The predicted molar refractivity (Wildman–Crippen MR) is 41.9 cm³/mol. The second-order valence-electron chi connectivity index (χ2n) is 2.04. The molecule has 0 amide bonds. The predicted octanol–water partition coefficient (Wildman–Crippen LogP) is 1.12. The van der Waals surface area contributed by atoms with E-state index in [9.17, 15) is 9.59 Å². The molecule has 1 aromatic heterocycles. The molecule has 5 heteroatoms. The van der Waals surface area contributed by atoms with Crippen LogP contribution in [0.25, 0.3) is 6.08 Å². The molecule has 0 spiro atoms. The minimum atomic E-state index is -1.14. The van der Waals surface area contributed by atoms with Crippen molar-refractivity contribution >= 4 is 18.5 Å². The molecular weight excluding hydrogens is 176 g/mol. The fraction of sp³-hybridized carbons (Fsp3) is 0. The molecular formula is C8H6O5. The van der Waals surface area contributed by atoms with E-state index in [1.165, 1.54) is 18.2 Å². The lowest BCUT2D eigenvalue weighted by atomic mass is 10.4. The molecule has 1 heterocycles. The summed E-state index contributed by atoms with van der Waals surface area (Å²) in [6, 6.07) is 2.76. The van der Waals surface area contributed by atoms with Crippen molar-refractivity contribution in [1.82, 2.24) is 0 Å². The van der Waals surface area contributed by atoms with Crippen LogP contribution in [0.4, 0.5) is 0 Å². The van der Waals surface area contributed by atoms with Gasteiger partial charge in [-0.25, -0.2) is 4.79 Å². The zero-order valence-electron chi connectivity index (χ0n) is 6.47. The van der Waals surface area contributed by atoms with Gasteiger partial charge in [0, 0.05) is 6.08 Å². The maximum atomic E-state index is 10.3. The summed E-state index contributed by atoms with van der Waals surface area (Å²) in [5.41, 5.74) is 0. The van der Waals surface area contributed by atoms with Crippen molar-refractivity contribution in [2.45, 2.75) is 0 Å². The molecule has 1 rings (SSSR count). The van der Waals surface area contributed by atoms with Gasteiger partial charge in [0.15, 0.2) is 0 Å². The molecule has 0 aliphatic heterocycles. The van der Waals surface area contributed by atoms with Crippen molar-refractivity contribution in [1.29, 1.82) is 0 Å². The van der Waals surface area contributed by atoms with Crippen LogP contribution >= 0.6 is 0 Å². The zero-order valence-corrected chi connectivity index (χ0v) is 6.47. The molecule has 0 fully saturated rings. The van der Waals surface area contributed by atoms with E-state index in [0.29, 0.717) is 5.76 Å². The molecule has 0 saturated carbocycles. The molecule has 0 atom stereocenters. The van der Waals surface area contributed by atoms with Gasteiger partial charge in [-0.15, -0.1) is 0 Å². The van der Waals surface area contributed by atoms with E-state index in [-0.39, 0.29) is 12.2 Å². The summed E-state index contributed by atoms with van der Waals surface area (Å²) in [4.78, 5) is 20.0. The quantitative estimate of drug-likeness (QED) is 0.557. The van der Waals surface area contributed by atoms with E-state index in [1.54, 1.807) is 0 Å². The standard InChI is InChI=1S/C8H6O5/c9-5-12-4-3-6-1-2-7(13-6)8(10)11/h1-5H,(H,10,11)/b4-3+. The van der Waals surface area contributed by atoms with Gasteiger partial charge in [0.1, 0.15) is 5.76 Å². The fourth-order valence-corrected chi connectivity index (χ4v) is 0.696. The van der Waals surface area contributed by atoms with Crippen LogP contribution in [0.5, 0.6) is 0 Å². The largest absolute Gasteiger partial charge is 0.475 e. The molecule has 68 valence electrons. The van der Waals surface area contributed by atoms with Crippen molar-refractivity contribution in [3.63, 3.8) is 0 Å². The SMILES string of the molecule is O=CO/C=C/c1ccc(C(=O)O)o1. The van der Waals surface area contributed by atoms with Gasteiger partial charge >= 0.3 is 5.97 Å². The summed E-state index contributed by atoms with van der Waals surface area (Å²) in [6.45, 7) is 0.248.